The molecule has 0 saturated carbocycles. The Morgan fingerprint density at radius 2 is 2.17 bits per heavy atom. The SMILES string of the molecule is CN(CC(=O)N1CCCC1)c1ncnc(N)c1Br. The van der Waals surface area contributed by atoms with Gasteiger partial charge in [-0.1, -0.05) is 0 Å². The van der Waals surface area contributed by atoms with Crippen molar-refractivity contribution < 1.29 is 4.79 Å². The molecule has 0 atom stereocenters. The summed E-state index contributed by atoms with van der Waals surface area (Å²) < 4.78 is 0.627. The topological polar surface area (TPSA) is 75.4 Å². The van der Waals surface area contributed by atoms with Crippen molar-refractivity contribution in [3.05, 3.63) is 10.8 Å². The van der Waals surface area contributed by atoms with Gasteiger partial charge in [-0.3, -0.25) is 4.79 Å². The van der Waals surface area contributed by atoms with E-state index in [0.29, 0.717) is 22.7 Å². The molecular formula is C11H16BrN5O. The standard InChI is InChI=1S/C11H16BrN5O/c1-16(6-8(18)17-4-2-3-5-17)11-9(12)10(13)14-7-15-11/h7H,2-6H2,1H3,(H2,13,14,15). The van der Waals surface area contributed by atoms with Crippen LogP contribution in [-0.4, -0.2) is 47.5 Å². The Hall–Kier alpha value is -1.37. The van der Waals surface area contributed by atoms with Crippen molar-refractivity contribution in [2.45, 2.75) is 12.8 Å². The van der Waals surface area contributed by atoms with Crippen LogP contribution in [0.25, 0.3) is 0 Å². The third-order valence-corrected chi connectivity index (χ3v) is 3.75. The Labute approximate surface area is 114 Å². The maximum Gasteiger partial charge on any atom is 0.242 e. The zero-order valence-corrected chi connectivity index (χ0v) is 11.9. The smallest absolute Gasteiger partial charge is 0.242 e. The largest absolute Gasteiger partial charge is 0.383 e. The fourth-order valence-electron chi connectivity index (χ4n) is 1.98. The van der Waals surface area contributed by atoms with Crippen LogP contribution in [-0.2, 0) is 4.79 Å². The number of hydrogen-bond donors (Lipinski definition) is 1. The van der Waals surface area contributed by atoms with Gasteiger partial charge in [-0.2, -0.15) is 0 Å². The van der Waals surface area contributed by atoms with E-state index in [1.54, 1.807) is 4.90 Å². The van der Waals surface area contributed by atoms with Crippen molar-refractivity contribution >= 4 is 33.5 Å². The molecule has 0 aromatic carbocycles. The quantitative estimate of drug-likeness (QED) is 0.896. The molecular weight excluding hydrogens is 298 g/mol. The van der Waals surface area contributed by atoms with Crippen molar-refractivity contribution in [2.24, 2.45) is 0 Å². The van der Waals surface area contributed by atoms with E-state index in [1.807, 2.05) is 11.9 Å². The monoisotopic (exact) mass is 313 g/mol. The number of hydrogen-bond acceptors (Lipinski definition) is 5. The normalized spacial score (nSPS) is 14.9. The van der Waals surface area contributed by atoms with Crippen LogP contribution in [0.3, 0.4) is 0 Å². The summed E-state index contributed by atoms with van der Waals surface area (Å²) in [7, 11) is 1.82. The third kappa shape index (κ3) is 2.72. The first-order valence-electron chi connectivity index (χ1n) is 5.84. The van der Waals surface area contributed by atoms with Gasteiger partial charge in [0.2, 0.25) is 5.91 Å². The van der Waals surface area contributed by atoms with E-state index in [0.717, 1.165) is 25.9 Å². The molecule has 0 radical (unpaired) electrons. The van der Waals surface area contributed by atoms with E-state index in [-0.39, 0.29) is 5.91 Å². The van der Waals surface area contributed by atoms with Crippen molar-refractivity contribution in [1.29, 1.82) is 0 Å². The number of nitrogens with two attached hydrogens (primary N) is 1. The van der Waals surface area contributed by atoms with Gasteiger partial charge in [0, 0.05) is 20.1 Å². The molecule has 98 valence electrons. The molecule has 2 heterocycles. The summed E-state index contributed by atoms with van der Waals surface area (Å²) in [6.45, 7) is 2.02. The molecule has 18 heavy (non-hydrogen) atoms. The van der Waals surface area contributed by atoms with Crippen molar-refractivity contribution in [2.75, 3.05) is 37.3 Å². The lowest BCUT2D eigenvalue weighted by molar-refractivity contribution is -0.128. The maximum absolute atomic E-state index is 12.0. The van der Waals surface area contributed by atoms with E-state index in [2.05, 4.69) is 25.9 Å². The molecule has 2 rings (SSSR count). The number of halogens is 1. The molecule has 1 amide bonds. The van der Waals surface area contributed by atoms with Crippen LogP contribution in [0.4, 0.5) is 11.6 Å². The van der Waals surface area contributed by atoms with E-state index >= 15 is 0 Å². The average molecular weight is 314 g/mol. The Morgan fingerprint density at radius 1 is 1.50 bits per heavy atom. The van der Waals surface area contributed by atoms with Gasteiger partial charge in [0.1, 0.15) is 22.4 Å². The van der Waals surface area contributed by atoms with Gasteiger partial charge in [0.15, 0.2) is 0 Å². The molecule has 1 aliphatic heterocycles. The van der Waals surface area contributed by atoms with Crippen molar-refractivity contribution in [3.63, 3.8) is 0 Å². The minimum atomic E-state index is 0.124. The van der Waals surface area contributed by atoms with Gasteiger partial charge in [-0.05, 0) is 28.8 Å². The second-order valence-electron chi connectivity index (χ2n) is 4.34. The molecule has 0 unspecified atom stereocenters. The van der Waals surface area contributed by atoms with E-state index in [4.69, 9.17) is 5.73 Å². The van der Waals surface area contributed by atoms with Crippen LogP contribution >= 0.6 is 15.9 Å². The first-order valence-corrected chi connectivity index (χ1v) is 6.64. The molecule has 2 N–H and O–H groups in total. The molecule has 0 bridgehead atoms. The second-order valence-corrected chi connectivity index (χ2v) is 5.13. The average Bonchev–Trinajstić information content (AvgIpc) is 2.86. The van der Waals surface area contributed by atoms with E-state index in [9.17, 15) is 4.79 Å². The number of amides is 1. The number of likely N-dealkylation sites (N-methyl/N-ethyl adjacent to an activating group) is 1. The molecule has 1 fully saturated rings. The van der Waals surface area contributed by atoms with Gasteiger partial charge in [0.05, 0.1) is 6.54 Å². The summed E-state index contributed by atoms with van der Waals surface area (Å²) in [6.07, 6.45) is 3.59. The molecule has 1 saturated heterocycles. The second kappa shape index (κ2) is 5.51. The maximum atomic E-state index is 12.0. The lowest BCUT2D eigenvalue weighted by Gasteiger charge is -2.22. The number of likely N-dealkylation sites (tertiary alicyclic amines) is 1. The Morgan fingerprint density at radius 3 is 2.83 bits per heavy atom. The van der Waals surface area contributed by atoms with Gasteiger partial charge >= 0.3 is 0 Å². The summed E-state index contributed by atoms with van der Waals surface area (Å²) in [5.41, 5.74) is 5.69. The Balaban J connectivity index is 2.04. The van der Waals surface area contributed by atoms with Crippen molar-refractivity contribution in [1.82, 2.24) is 14.9 Å². The molecule has 6 nitrogen and oxygen atoms in total. The predicted molar refractivity (Wildman–Crippen MR) is 73.2 cm³/mol. The van der Waals surface area contributed by atoms with Crippen LogP contribution in [0.15, 0.2) is 10.8 Å². The van der Waals surface area contributed by atoms with Crippen LogP contribution < -0.4 is 10.6 Å². The molecule has 1 aliphatic rings. The minimum absolute atomic E-state index is 0.124. The first kappa shape index (κ1) is 13.1. The summed E-state index contributed by atoms with van der Waals surface area (Å²) >= 11 is 3.34. The van der Waals surface area contributed by atoms with Gasteiger partial charge in [0.25, 0.3) is 0 Å². The Kier molecular flexibility index (Phi) is 4.00. The molecule has 1 aromatic heterocycles. The van der Waals surface area contributed by atoms with Crippen LogP contribution in [0.1, 0.15) is 12.8 Å². The highest BCUT2D eigenvalue weighted by Crippen LogP contribution is 2.26. The van der Waals surface area contributed by atoms with Crippen LogP contribution in [0.5, 0.6) is 0 Å². The number of carbonyl (C=O) groups is 1. The van der Waals surface area contributed by atoms with E-state index in [1.165, 1.54) is 6.33 Å². The molecule has 1 aromatic rings. The first-order chi connectivity index (χ1) is 8.59. The van der Waals surface area contributed by atoms with Gasteiger partial charge in [-0.25, -0.2) is 9.97 Å². The fourth-order valence-corrected chi connectivity index (χ4v) is 2.49. The Bertz CT molecular complexity index is 447. The summed E-state index contributed by atoms with van der Waals surface area (Å²) in [5, 5.41) is 0. The van der Waals surface area contributed by atoms with E-state index < -0.39 is 0 Å². The molecule has 7 heteroatoms. The number of anilines is 2. The third-order valence-electron chi connectivity index (χ3n) is 2.99. The van der Waals surface area contributed by atoms with Gasteiger partial charge < -0.3 is 15.5 Å². The number of rotatable bonds is 3. The van der Waals surface area contributed by atoms with Crippen LogP contribution in [0.2, 0.25) is 0 Å². The summed E-state index contributed by atoms with van der Waals surface area (Å²) in [5.74, 6) is 1.13. The summed E-state index contributed by atoms with van der Waals surface area (Å²) in [6, 6.07) is 0. The highest BCUT2D eigenvalue weighted by molar-refractivity contribution is 9.10. The zero-order chi connectivity index (χ0) is 13.1. The number of aromatic nitrogens is 2. The van der Waals surface area contributed by atoms with Gasteiger partial charge in [-0.15, -0.1) is 0 Å². The van der Waals surface area contributed by atoms with Crippen molar-refractivity contribution in [3.8, 4) is 0 Å². The number of nitrogen functional groups attached to an aromatic ring is 1. The lowest BCUT2D eigenvalue weighted by atomic mass is 10.4. The highest BCUT2D eigenvalue weighted by atomic mass is 79.9. The minimum Gasteiger partial charge on any atom is -0.383 e. The highest BCUT2D eigenvalue weighted by Gasteiger charge is 2.20. The van der Waals surface area contributed by atoms with Crippen LogP contribution in [0, 0.1) is 0 Å². The molecule has 0 spiro atoms. The summed E-state index contributed by atoms with van der Waals surface area (Å²) in [4.78, 5) is 23.7. The number of carbonyl (C=O) groups excluding carboxylic acids is 1. The fraction of sp³-hybridized carbons (Fsp3) is 0.545. The lowest BCUT2D eigenvalue weighted by Crippen LogP contribution is -2.37. The zero-order valence-electron chi connectivity index (χ0n) is 10.3. The number of nitrogens with zero attached hydrogens (tertiary/aromatic N) is 4. The predicted octanol–water partition coefficient (Wildman–Crippen LogP) is 0.880. The molecule has 0 aliphatic carbocycles.